The van der Waals surface area contributed by atoms with Gasteiger partial charge in [0, 0.05) is 19.0 Å². The van der Waals surface area contributed by atoms with Crippen LogP contribution in [-0.2, 0) is 11.3 Å². The number of carbonyl (C=O) groups is 1. The van der Waals surface area contributed by atoms with Gasteiger partial charge in [0.2, 0.25) is 5.91 Å². The molecule has 1 amide bonds. The van der Waals surface area contributed by atoms with E-state index in [1.54, 1.807) is 24.3 Å². The number of rotatable bonds is 6. The first-order valence-corrected chi connectivity index (χ1v) is 7.18. The Kier molecular flexibility index (Phi) is 5.11. The third kappa shape index (κ3) is 3.62. The third-order valence-electron chi connectivity index (χ3n) is 3.54. The molecule has 0 saturated carbocycles. The Balaban J connectivity index is 2.09. The number of nitrogens with zero attached hydrogens (tertiary/aromatic N) is 1. The van der Waals surface area contributed by atoms with Crippen molar-refractivity contribution in [3.63, 3.8) is 0 Å². The molecule has 0 saturated heterocycles. The smallest absolute Gasteiger partial charge is 0.273 e. The summed E-state index contributed by atoms with van der Waals surface area (Å²) in [4.78, 5) is 35.9. The molecular formula is C15H20N4O3. The maximum Gasteiger partial charge on any atom is 0.273 e. The summed E-state index contributed by atoms with van der Waals surface area (Å²) in [5.74, 6) is -0.164. The Morgan fingerprint density at radius 2 is 1.95 bits per heavy atom. The van der Waals surface area contributed by atoms with Crippen molar-refractivity contribution in [1.29, 1.82) is 0 Å². The van der Waals surface area contributed by atoms with Crippen LogP contribution in [0.1, 0.15) is 13.3 Å². The van der Waals surface area contributed by atoms with Gasteiger partial charge in [-0.3, -0.25) is 19.5 Å². The van der Waals surface area contributed by atoms with E-state index in [9.17, 15) is 14.4 Å². The summed E-state index contributed by atoms with van der Waals surface area (Å²) in [6, 6.07) is 6.80. The van der Waals surface area contributed by atoms with Crippen molar-refractivity contribution in [1.82, 2.24) is 20.4 Å². The van der Waals surface area contributed by atoms with Crippen molar-refractivity contribution in [2.75, 3.05) is 13.6 Å². The van der Waals surface area contributed by atoms with Gasteiger partial charge in [-0.15, -0.1) is 0 Å². The fraction of sp³-hybridized carbons (Fsp3) is 0.400. The van der Waals surface area contributed by atoms with Gasteiger partial charge in [0.25, 0.3) is 11.1 Å². The second-order valence-electron chi connectivity index (χ2n) is 5.19. The lowest BCUT2D eigenvalue weighted by atomic mass is 10.2. The first kappa shape index (κ1) is 16.0. The van der Waals surface area contributed by atoms with Gasteiger partial charge >= 0.3 is 0 Å². The molecule has 7 nitrogen and oxygen atoms in total. The molecule has 0 spiro atoms. The fourth-order valence-corrected chi connectivity index (χ4v) is 2.07. The highest BCUT2D eigenvalue weighted by molar-refractivity contribution is 5.80. The molecule has 22 heavy (non-hydrogen) atoms. The summed E-state index contributed by atoms with van der Waals surface area (Å²) in [6.45, 7) is 2.60. The summed E-state index contributed by atoms with van der Waals surface area (Å²) in [6.07, 6.45) is 0.130. The lowest BCUT2D eigenvalue weighted by Crippen LogP contribution is -2.38. The van der Waals surface area contributed by atoms with Crippen LogP contribution in [0.5, 0.6) is 0 Å². The number of amides is 1. The molecule has 2 rings (SSSR count). The largest absolute Gasteiger partial charge is 0.354 e. The molecule has 0 aliphatic carbocycles. The molecule has 7 heteroatoms. The van der Waals surface area contributed by atoms with Crippen molar-refractivity contribution < 1.29 is 4.79 Å². The molecule has 0 bridgehead atoms. The van der Waals surface area contributed by atoms with Crippen LogP contribution in [0, 0.1) is 0 Å². The molecule has 1 aromatic carbocycles. The number of benzene rings is 1. The number of hydrogen-bond acceptors (Lipinski definition) is 4. The number of aryl methyl sites for hydroxylation is 1. The molecule has 1 aromatic heterocycles. The molecule has 0 aliphatic rings. The van der Waals surface area contributed by atoms with E-state index < -0.39 is 0 Å². The lowest BCUT2D eigenvalue weighted by molar-refractivity contribution is -0.121. The average Bonchev–Trinajstić information content (AvgIpc) is 2.54. The molecule has 1 heterocycles. The van der Waals surface area contributed by atoms with E-state index in [0.717, 1.165) is 0 Å². The van der Waals surface area contributed by atoms with Crippen LogP contribution in [0.4, 0.5) is 0 Å². The molecule has 0 aliphatic heterocycles. The molecule has 1 unspecified atom stereocenters. The molecule has 118 valence electrons. The normalized spacial score (nSPS) is 12.3. The topological polar surface area (TPSA) is 96.0 Å². The SMILES string of the molecule is CNC(C)CNC(=O)CCn1[nH]c(=O)c2ccccc2c1=O. The van der Waals surface area contributed by atoms with Crippen molar-refractivity contribution in [3.05, 3.63) is 45.0 Å². The molecule has 1 atom stereocenters. The Bertz CT molecular complexity index is 778. The van der Waals surface area contributed by atoms with Gasteiger partial charge in [-0.2, -0.15) is 0 Å². The minimum atomic E-state index is -0.334. The highest BCUT2D eigenvalue weighted by Crippen LogP contribution is 2.02. The number of likely N-dealkylation sites (N-methyl/N-ethyl adjacent to an activating group) is 1. The van der Waals surface area contributed by atoms with Crippen LogP contribution in [-0.4, -0.2) is 35.3 Å². The van der Waals surface area contributed by atoms with E-state index in [-0.39, 0.29) is 36.0 Å². The number of fused-ring (bicyclic) bond motifs is 1. The zero-order valence-corrected chi connectivity index (χ0v) is 12.7. The average molecular weight is 304 g/mol. The van der Waals surface area contributed by atoms with Crippen LogP contribution in [0.2, 0.25) is 0 Å². The minimum absolute atomic E-state index is 0.130. The summed E-state index contributed by atoms with van der Waals surface area (Å²) >= 11 is 0. The van der Waals surface area contributed by atoms with Crippen molar-refractivity contribution >= 4 is 16.7 Å². The summed E-state index contributed by atoms with van der Waals surface area (Å²) in [7, 11) is 1.82. The molecule has 0 fully saturated rings. The van der Waals surface area contributed by atoms with Crippen molar-refractivity contribution in [3.8, 4) is 0 Å². The number of hydrogen-bond donors (Lipinski definition) is 3. The maximum atomic E-state index is 12.3. The molecule has 0 radical (unpaired) electrons. The van der Waals surface area contributed by atoms with E-state index in [1.165, 1.54) is 4.68 Å². The number of aromatic amines is 1. The summed E-state index contributed by atoms with van der Waals surface area (Å²) in [5.41, 5.74) is -0.633. The van der Waals surface area contributed by atoms with Crippen LogP contribution < -0.4 is 21.8 Å². The van der Waals surface area contributed by atoms with Gasteiger partial charge in [-0.25, -0.2) is 4.68 Å². The number of aromatic nitrogens is 2. The molecule has 3 N–H and O–H groups in total. The van der Waals surface area contributed by atoms with Gasteiger partial charge in [-0.1, -0.05) is 12.1 Å². The maximum absolute atomic E-state index is 12.3. The first-order chi connectivity index (χ1) is 10.5. The summed E-state index contributed by atoms with van der Waals surface area (Å²) < 4.78 is 1.19. The second kappa shape index (κ2) is 7.04. The molecular weight excluding hydrogens is 284 g/mol. The van der Waals surface area contributed by atoms with Gasteiger partial charge in [-0.05, 0) is 26.1 Å². The second-order valence-corrected chi connectivity index (χ2v) is 5.19. The van der Waals surface area contributed by atoms with Gasteiger partial charge < -0.3 is 10.6 Å². The van der Waals surface area contributed by atoms with E-state index in [0.29, 0.717) is 17.3 Å². The molecule has 2 aromatic rings. The minimum Gasteiger partial charge on any atom is -0.354 e. The van der Waals surface area contributed by atoms with Crippen LogP contribution >= 0.6 is 0 Å². The lowest BCUT2D eigenvalue weighted by Gasteiger charge is -2.12. The fourth-order valence-electron chi connectivity index (χ4n) is 2.07. The van der Waals surface area contributed by atoms with Crippen LogP contribution in [0.15, 0.2) is 33.9 Å². The predicted molar refractivity (Wildman–Crippen MR) is 85.0 cm³/mol. The Labute approximate surface area is 127 Å². The highest BCUT2D eigenvalue weighted by Gasteiger charge is 2.09. The number of nitrogens with one attached hydrogen (secondary N) is 3. The Hall–Kier alpha value is -2.41. The first-order valence-electron chi connectivity index (χ1n) is 7.18. The van der Waals surface area contributed by atoms with Gasteiger partial charge in [0.1, 0.15) is 0 Å². The predicted octanol–water partition coefficient (Wildman–Crippen LogP) is -0.196. The van der Waals surface area contributed by atoms with Crippen LogP contribution in [0.3, 0.4) is 0 Å². The quantitative estimate of drug-likeness (QED) is 0.689. The Morgan fingerprint density at radius 1 is 1.27 bits per heavy atom. The zero-order valence-electron chi connectivity index (χ0n) is 12.7. The third-order valence-corrected chi connectivity index (χ3v) is 3.54. The van der Waals surface area contributed by atoms with Gasteiger partial charge in [0.15, 0.2) is 0 Å². The van der Waals surface area contributed by atoms with E-state index in [1.807, 2.05) is 14.0 Å². The van der Waals surface area contributed by atoms with E-state index >= 15 is 0 Å². The highest BCUT2D eigenvalue weighted by atomic mass is 16.2. The standard InChI is InChI=1S/C15H20N4O3/c1-10(16-2)9-17-13(20)7-8-19-15(22)12-6-4-3-5-11(12)14(21)18-19/h3-6,10,16H,7-9H2,1-2H3,(H,17,20)(H,18,21). The van der Waals surface area contributed by atoms with E-state index in [4.69, 9.17) is 0 Å². The van der Waals surface area contributed by atoms with Crippen molar-refractivity contribution in [2.45, 2.75) is 25.9 Å². The summed E-state index contributed by atoms with van der Waals surface area (Å²) in [5, 5.41) is 9.00. The monoisotopic (exact) mass is 304 g/mol. The van der Waals surface area contributed by atoms with E-state index in [2.05, 4.69) is 15.7 Å². The number of carbonyl (C=O) groups excluding carboxylic acids is 1. The zero-order chi connectivity index (χ0) is 16.1. The van der Waals surface area contributed by atoms with Gasteiger partial charge in [0.05, 0.1) is 17.3 Å². The Morgan fingerprint density at radius 3 is 2.64 bits per heavy atom. The number of H-pyrrole nitrogens is 1. The van der Waals surface area contributed by atoms with Crippen molar-refractivity contribution in [2.24, 2.45) is 0 Å². The van der Waals surface area contributed by atoms with Crippen LogP contribution in [0.25, 0.3) is 10.8 Å².